The molecule has 1 aromatic rings. The zero-order valence-electron chi connectivity index (χ0n) is 7.46. The van der Waals surface area contributed by atoms with Crippen LogP contribution in [0.2, 0.25) is 5.15 Å². The van der Waals surface area contributed by atoms with Gasteiger partial charge in [0, 0.05) is 18.3 Å². The van der Waals surface area contributed by atoms with Crippen LogP contribution in [-0.4, -0.2) is 17.1 Å². The summed E-state index contributed by atoms with van der Waals surface area (Å²) in [4.78, 5) is 14.8. The summed E-state index contributed by atoms with van der Waals surface area (Å²) in [5.41, 5.74) is 0.872. The number of carbonyl (C=O) groups is 1. The number of nitrogens with one attached hydrogen (secondary N) is 2. The maximum atomic E-state index is 10.9. The number of rotatable bonds is 2. The first kappa shape index (κ1) is 9.27. The third kappa shape index (κ3) is 2.14. The van der Waals surface area contributed by atoms with Crippen LogP contribution in [0.15, 0.2) is 18.3 Å². The quantitative estimate of drug-likeness (QED) is 0.727. The summed E-state index contributed by atoms with van der Waals surface area (Å²) in [5, 5.41) is 6.41. The molecular weight excluding hydrogens is 202 g/mol. The number of hydrogen-bond donors (Lipinski definition) is 2. The van der Waals surface area contributed by atoms with E-state index < -0.39 is 0 Å². The average molecular weight is 212 g/mol. The van der Waals surface area contributed by atoms with E-state index >= 15 is 0 Å². The van der Waals surface area contributed by atoms with Crippen LogP contribution in [0, 0.1) is 0 Å². The van der Waals surface area contributed by atoms with Gasteiger partial charge in [-0.1, -0.05) is 11.6 Å². The van der Waals surface area contributed by atoms with E-state index in [-0.39, 0.29) is 12.1 Å². The second-order valence-corrected chi connectivity index (χ2v) is 3.56. The lowest BCUT2D eigenvalue weighted by Crippen LogP contribution is -2.32. The van der Waals surface area contributed by atoms with Crippen LogP contribution in [0.25, 0.3) is 0 Å². The number of pyridine rings is 1. The Bertz CT molecular complexity index is 356. The van der Waals surface area contributed by atoms with E-state index in [1.54, 1.807) is 12.3 Å². The summed E-state index contributed by atoms with van der Waals surface area (Å²) < 4.78 is 0. The molecule has 2 N–H and O–H groups in total. The van der Waals surface area contributed by atoms with Crippen molar-refractivity contribution in [1.29, 1.82) is 0 Å². The molecule has 1 atom stereocenters. The Kier molecular flexibility index (Phi) is 2.54. The van der Waals surface area contributed by atoms with Crippen LogP contribution < -0.4 is 10.6 Å². The van der Waals surface area contributed by atoms with Crippen LogP contribution in [0.3, 0.4) is 0 Å². The molecule has 0 radical (unpaired) electrons. The summed E-state index contributed by atoms with van der Waals surface area (Å²) in [6, 6.07) is 3.54. The normalized spacial score (nSPS) is 20.6. The predicted octanol–water partition coefficient (Wildman–Crippen LogP) is 1.38. The van der Waals surface area contributed by atoms with Crippen LogP contribution >= 0.6 is 11.6 Å². The number of halogens is 1. The van der Waals surface area contributed by atoms with Crippen molar-refractivity contribution in [3.05, 3.63) is 23.5 Å². The largest absolute Gasteiger partial charge is 0.365 e. The third-order valence-electron chi connectivity index (χ3n) is 2.06. The molecular formula is C9H10ClN3O. The molecule has 2 heterocycles. The van der Waals surface area contributed by atoms with Crippen LogP contribution in [0.4, 0.5) is 5.69 Å². The van der Waals surface area contributed by atoms with Crippen LogP contribution in [0.1, 0.15) is 12.8 Å². The molecule has 1 saturated heterocycles. The number of nitrogens with zero attached hydrogens (tertiary/aromatic N) is 1. The average Bonchev–Trinajstić information content (AvgIpc) is 2.51. The number of aromatic nitrogens is 1. The number of amides is 1. The van der Waals surface area contributed by atoms with Gasteiger partial charge in [0.15, 0.2) is 0 Å². The van der Waals surface area contributed by atoms with Crippen LogP contribution in [0.5, 0.6) is 0 Å². The summed E-state index contributed by atoms with van der Waals surface area (Å²) in [6.07, 6.45) is 3.03. The van der Waals surface area contributed by atoms with Gasteiger partial charge in [-0.05, 0) is 18.6 Å². The van der Waals surface area contributed by atoms with Gasteiger partial charge in [0.05, 0.1) is 6.17 Å². The second kappa shape index (κ2) is 3.84. The minimum atomic E-state index is 0.0148. The molecule has 4 nitrogen and oxygen atoms in total. The highest BCUT2D eigenvalue weighted by Gasteiger charge is 2.19. The molecule has 0 bridgehead atoms. The van der Waals surface area contributed by atoms with Gasteiger partial charge in [0.2, 0.25) is 5.91 Å². The molecule has 1 aliphatic heterocycles. The van der Waals surface area contributed by atoms with E-state index in [2.05, 4.69) is 15.6 Å². The zero-order valence-corrected chi connectivity index (χ0v) is 8.21. The van der Waals surface area contributed by atoms with Crippen molar-refractivity contribution < 1.29 is 4.79 Å². The molecule has 0 saturated carbocycles. The fraction of sp³-hybridized carbons (Fsp3) is 0.333. The lowest BCUT2D eigenvalue weighted by molar-refractivity contribution is -0.119. The molecule has 1 unspecified atom stereocenters. The standard InChI is InChI=1S/C9H10ClN3O/c10-7-5-6(3-4-11-7)12-8-1-2-9(14)13-8/h3-5,8H,1-2H2,(H,11,12)(H,13,14). The lowest BCUT2D eigenvalue weighted by atomic mass is 10.3. The first-order valence-corrected chi connectivity index (χ1v) is 4.79. The molecule has 2 rings (SSSR count). The topological polar surface area (TPSA) is 54.0 Å². The van der Waals surface area contributed by atoms with Gasteiger partial charge < -0.3 is 10.6 Å². The fourth-order valence-electron chi connectivity index (χ4n) is 1.42. The maximum absolute atomic E-state index is 10.9. The predicted molar refractivity (Wildman–Crippen MR) is 54.0 cm³/mol. The fourth-order valence-corrected chi connectivity index (χ4v) is 1.59. The highest BCUT2D eigenvalue weighted by atomic mass is 35.5. The zero-order chi connectivity index (χ0) is 9.97. The molecule has 1 aromatic heterocycles. The highest BCUT2D eigenvalue weighted by Crippen LogP contribution is 2.15. The van der Waals surface area contributed by atoms with Gasteiger partial charge in [-0.2, -0.15) is 0 Å². The minimum Gasteiger partial charge on any atom is -0.365 e. The molecule has 0 aromatic carbocycles. The number of hydrogen-bond acceptors (Lipinski definition) is 3. The second-order valence-electron chi connectivity index (χ2n) is 3.17. The van der Waals surface area contributed by atoms with E-state index in [0.717, 1.165) is 12.1 Å². The summed E-state index contributed by atoms with van der Waals surface area (Å²) >= 11 is 5.72. The van der Waals surface area contributed by atoms with Crippen molar-refractivity contribution in [2.75, 3.05) is 5.32 Å². The molecule has 0 spiro atoms. The summed E-state index contributed by atoms with van der Waals surface area (Å²) in [6.45, 7) is 0. The lowest BCUT2D eigenvalue weighted by Gasteiger charge is -2.13. The number of anilines is 1. The van der Waals surface area contributed by atoms with E-state index in [1.807, 2.05) is 6.07 Å². The van der Waals surface area contributed by atoms with Crippen molar-refractivity contribution in [3.8, 4) is 0 Å². The van der Waals surface area contributed by atoms with E-state index in [9.17, 15) is 4.79 Å². The van der Waals surface area contributed by atoms with E-state index in [1.165, 1.54) is 0 Å². The van der Waals surface area contributed by atoms with Crippen molar-refractivity contribution >= 4 is 23.2 Å². The maximum Gasteiger partial charge on any atom is 0.221 e. The molecule has 1 aliphatic rings. The van der Waals surface area contributed by atoms with Gasteiger partial charge in [0.1, 0.15) is 5.15 Å². The van der Waals surface area contributed by atoms with Crippen molar-refractivity contribution in [3.63, 3.8) is 0 Å². The molecule has 0 aliphatic carbocycles. The Morgan fingerprint density at radius 3 is 3.14 bits per heavy atom. The first-order valence-electron chi connectivity index (χ1n) is 4.41. The Labute approximate surface area is 86.7 Å². The van der Waals surface area contributed by atoms with Gasteiger partial charge in [0.25, 0.3) is 0 Å². The molecule has 5 heteroatoms. The monoisotopic (exact) mass is 211 g/mol. The molecule has 14 heavy (non-hydrogen) atoms. The van der Waals surface area contributed by atoms with E-state index in [4.69, 9.17) is 11.6 Å². The Morgan fingerprint density at radius 1 is 1.64 bits per heavy atom. The number of carbonyl (C=O) groups excluding carboxylic acids is 1. The Balaban J connectivity index is 2.00. The Hall–Kier alpha value is -1.29. The van der Waals surface area contributed by atoms with Crippen molar-refractivity contribution in [2.45, 2.75) is 19.0 Å². The van der Waals surface area contributed by atoms with Crippen LogP contribution in [-0.2, 0) is 4.79 Å². The highest BCUT2D eigenvalue weighted by molar-refractivity contribution is 6.29. The SMILES string of the molecule is O=C1CCC(Nc2ccnc(Cl)c2)N1. The Morgan fingerprint density at radius 2 is 2.50 bits per heavy atom. The minimum absolute atomic E-state index is 0.0148. The third-order valence-corrected chi connectivity index (χ3v) is 2.27. The van der Waals surface area contributed by atoms with Crippen molar-refractivity contribution in [2.24, 2.45) is 0 Å². The molecule has 1 amide bonds. The van der Waals surface area contributed by atoms with Gasteiger partial charge in [-0.25, -0.2) is 4.98 Å². The smallest absolute Gasteiger partial charge is 0.221 e. The van der Waals surface area contributed by atoms with Gasteiger partial charge in [-0.3, -0.25) is 4.79 Å². The van der Waals surface area contributed by atoms with E-state index in [0.29, 0.717) is 11.6 Å². The van der Waals surface area contributed by atoms with Crippen molar-refractivity contribution in [1.82, 2.24) is 10.3 Å². The summed E-state index contributed by atoms with van der Waals surface area (Å²) in [7, 11) is 0. The first-order chi connectivity index (χ1) is 6.74. The van der Waals surface area contributed by atoms with Gasteiger partial charge in [-0.15, -0.1) is 0 Å². The summed E-state index contributed by atoms with van der Waals surface area (Å²) in [5.74, 6) is 0.0858. The van der Waals surface area contributed by atoms with Gasteiger partial charge >= 0.3 is 0 Å². The molecule has 1 fully saturated rings. The molecule has 74 valence electrons.